The number of nitrogens with zero attached hydrogens (tertiary/aromatic N) is 3. The molecule has 1 amide bonds. The van der Waals surface area contributed by atoms with Gasteiger partial charge in [-0.25, -0.2) is 14.2 Å². The highest BCUT2D eigenvalue weighted by atomic mass is 35.5. The van der Waals surface area contributed by atoms with E-state index < -0.39 is 23.9 Å². The molecule has 0 radical (unpaired) electrons. The molecule has 14 heteroatoms. The van der Waals surface area contributed by atoms with E-state index in [1.54, 1.807) is 0 Å². The van der Waals surface area contributed by atoms with E-state index in [2.05, 4.69) is 15.6 Å². The summed E-state index contributed by atoms with van der Waals surface area (Å²) in [5.41, 5.74) is 0.983. The first-order chi connectivity index (χ1) is 18.3. The van der Waals surface area contributed by atoms with Gasteiger partial charge in [0.15, 0.2) is 0 Å². The second-order valence-corrected chi connectivity index (χ2v) is 9.81. The first-order valence-corrected chi connectivity index (χ1v) is 12.5. The van der Waals surface area contributed by atoms with E-state index in [1.807, 2.05) is 43.3 Å². The number of rotatable bonds is 5. The third-order valence-corrected chi connectivity index (χ3v) is 6.50. The lowest BCUT2D eigenvalue weighted by Crippen LogP contribution is -2.40. The summed E-state index contributed by atoms with van der Waals surface area (Å²) in [5.74, 6) is -2.35. The second kappa shape index (κ2) is 12.6. The molecule has 0 bridgehead atoms. The molecular formula is C25H25Cl2F4N5O3. The summed E-state index contributed by atoms with van der Waals surface area (Å²) in [6, 6.07) is 10.5. The molecule has 3 aromatic rings. The predicted octanol–water partition coefficient (Wildman–Crippen LogP) is 5.93. The normalized spacial score (nSPS) is 17.1. The molecule has 4 rings (SSSR count). The van der Waals surface area contributed by atoms with E-state index in [9.17, 15) is 22.4 Å². The number of carboxylic acid groups (broad SMARTS) is 1. The Morgan fingerprint density at radius 2 is 1.59 bits per heavy atom. The Balaban J connectivity index is 0.000000532. The van der Waals surface area contributed by atoms with E-state index in [4.69, 9.17) is 38.1 Å². The van der Waals surface area contributed by atoms with Gasteiger partial charge in [0.25, 0.3) is 5.91 Å². The number of carbonyl (C=O) groups excluding carboxylic acids is 1. The first-order valence-electron chi connectivity index (χ1n) is 11.7. The summed E-state index contributed by atoms with van der Waals surface area (Å²) in [4.78, 5) is 32.8. The topological polar surface area (TPSA) is 107 Å². The van der Waals surface area contributed by atoms with Crippen molar-refractivity contribution in [2.24, 2.45) is 0 Å². The van der Waals surface area contributed by atoms with Gasteiger partial charge in [0.2, 0.25) is 5.95 Å². The number of nitrogens with one attached hydrogen (secondary N) is 2. The molecule has 1 aliphatic rings. The molecule has 0 aliphatic heterocycles. The Kier molecular flexibility index (Phi) is 9.78. The molecule has 0 spiro atoms. The van der Waals surface area contributed by atoms with E-state index in [-0.39, 0.29) is 27.7 Å². The van der Waals surface area contributed by atoms with Gasteiger partial charge >= 0.3 is 12.1 Å². The molecule has 3 N–H and O–H groups in total. The lowest BCUT2D eigenvalue weighted by Gasteiger charge is -2.30. The largest absolute Gasteiger partial charge is 0.490 e. The highest BCUT2D eigenvalue weighted by molar-refractivity contribution is 6.36. The van der Waals surface area contributed by atoms with Gasteiger partial charge in [-0.15, -0.1) is 0 Å². The summed E-state index contributed by atoms with van der Waals surface area (Å²) in [6.45, 7) is 0. The molecule has 1 aromatic heterocycles. The highest BCUT2D eigenvalue weighted by Crippen LogP contribution is 2.28. The van der Waals surface area contributed by atoms with Crippen molar-refractivity contribution in [1.29, 1.82) is 0 Å². The van der Waals surface area contributed by atoms with Crippen molar-refractivity contribution in [3.8, 4) is 0 Å². The SMILES string of the molecule is CN(C)c1nc(NC2CCC(NC(=O)c3cc(F)c(Cl)cc3Cl)CC2)nc2ccccc12.O=C(O)C(F)(F)F. The summed E-state index contributed by atoms with van der Waals surface area (Å²) >= 11 is 11.8. The Labute approximate surface area is 231 Å². The number of aliphatic carboxylic acids is 1. The fourth-order valence-corrected chi connectivity index (χ4v) is 4.46. The van der Waals surface area contributed by atoms with Crippen LogP contribution in [0, 0.1) is 5.82 Å². The lowest BCUT2D eigenvalue weighted by atomic mass is 9.91. The number of hydrogen-bond acceptors (Lipinski definition) is 6. The molecule has 0 saturated heterocycles. The molecule has 1 fully saturated rings. The van der Waals surface area contributed by atoms with E-state index in [0.29, 0.717) is 5.95 Å². The van der Waals surface area contributed by atoms with Gasteiger partial charge in [0.05, 0.1) is 21.1 Å². The third-order valence-electron chi connectivity index (χ3n) is 5.90. The smallest absolute Gasteiger partial charge is 0.475 e. The van der Waals surface area contributed by atoms with Crippen molar-refractivity contribution in [2.45, 2.75) is 43.9 Å². The number of fused-ring (bicyclic) bond motifs is 1. The Morgan fingerprint density at radius 1 is 1.00 bits per heavy atom. The van der Waals surface area contributed by atoms with Gasteiger partial charge in [-0.05, 0) is 49.9 Å². The van der Waals surface area contributed by atoms with Crippen LogP contribution in [0.1, 0.15) is 36.0 Å². The molecule has 0 unspecified atom stereocenters. The Morgan fingerprint density at radius 3 is 2.18 bits per heavy atom. The molecule has 1 saturated carbocycles. The molecule has 1 heterocycles. The second-order valence-electron chi connectivity index (χ2n) is 9.00. The van der Waals surface area contributed by atoms with Crippen molar-refractivity contribution in [3.63, 3.8) is 0 Å². The van der Waals surface area contributed by atoms with Crippen LogP contribution in [0.5, 0.6) is 0 Å². The van der Waals surface area contributed by atoms with Crippen LogP contribution in [0.3, 0.4) is 0 Å². The number of alkyl halides is 3. The standard InChI is InChI=1S/C23H24Cl2FN5O.C2HF3O2/c1-31(2)21-15-5-3-4-6-20(15)29-23(30-21)28-14-9-7-13(8-10-14)27-22(32)16-11-19(26)18(25)12-17(16)24;3-2(4,5)1(6)7/h3-6,11-14H,7-10H2,1-2H3,(H,27,32)(H,28,29,30);(H,6,7). The average molecular weight is 590 g/mol. The number of benzene rings is 2. The number of aromatic nitrogens is 2. The fraction of sp³-hybridized carbons (Fsp3) is 0.360. The van der Waals surface area contributed by atoms with Gasteiger partial charge in [-0.2, -0.15) is 18.2 Å². The quantitative estimate of drug-likeness (QED) is 0.250. The van der Waals surface area contributed by atoms with Crippen molar-refractivity contribution < 1.29 is 32.3 Å². The first kappa shape index (κ1) is 30.2. The molecule has 0 atom stereocenters. The molecule has 39 heavy (non-hydrogen) atoms. The van der Waals surface area contributed by atoms with Crippen LogP contribution in [0.4, 0.5) is 29.3 Å². The molecular weight excluding hydrogens is 565 g/mol. The summed E-state index contributed by atoms with van der Waals surface area (Å²) in [7, 11) is 3.93. The minimum Gasteiger partial charge on any atom is -0.475 e. The summed E-state index contributed by atoms with van der Waals surface area (Å²) < 4.78 is 45.5. The predicted molar refractivity (Wildman–Crippen MR) is 141 cm³/mol. The van der Waals surface area contributed by atoms with Gasteiger partial charge in [-0.1, -0.05) is 35.3 Å². The number of hydrogen-bond donors (Lipinski definition) is 3. The van der Waals surface area contributed by atoms with Crippen molar-refractivity contribution in [3.05, 3.63) is 57.8 Å². The molecule has 210 valence electrons. The van der Waals surface area contributed by atoms with Gasteiger partial charge < -0.3 is 20.6 Å². The molecule has 8 nitrogen and oxygen atoms in total. The maximum Gasteiger partial charge on any atom is 0.490 e. The van der Waals surface area contributed by atoms with Crippen molar-refractivity contribution >= 4 is 57.7 Å². The third kappa shape index (κ3) is 8.06. The average Bonchev–Trinajstić information content (AvgIpc) is 2.86. The van der Waals surface area contributed by atoms with E-state index >= 15 is 0 Å². The van der Waals surface area contributed by atoms with Gasteiger partial charge in [0, 0.05) is 31.6 Å². The lowest BCUT2D eigenvalue weighted by molar-refractivity contribution is -0.192. The number of carboxylic acids is 1. The zero-order chi connectivity index (χ0) is 28.9. The minimum atomic E-state index is -5.08. The number of amides is 1. The van der Waals surface area contributed by atoms with Crippen LogP contribution in [-0.4, -0.2) is 59.3 Å². The van der Waals surface area contributed by atoms with Crippen molar-refractivity contribution in [2.75, 3.05) is 24.3 Å². The number of halogens is 6. The zero-order valence-electron chi connectivity index (χ0n) is 20.8. The van der Waals surface area contributed by atoms with E-state index in [0.717, 1.165) is 48.5 Å². The zero-order valence-corrected chi connectivity index (χ0v) is 22.3. The van der Waals surface area contributed by atoms with Gasteiger partial charge in [-0.3, -0.25) is 4.79 Å². The number of anilines is 2. The molecule has 2 aromatic carbocycles. The van der Waals surface area contributed by atoms with Crippen LogP contribution < -0.4 is 15.5 Å². The fourth-order valence-electron chi connectivity index (χ4n) is 3.99. The summed E-state index contributed by atoms with van der Waals surface area (Å²) in [6.07, 6.45) is -1.82. The van der Waals surface area contributed by atoms with Gasteiger partial charge in [0.1, 0.15) is 11.6 Å². The van der Waals surface area contributed by atoms with Crippen LogP contribution in [-0.2, 0) is 4.79 Å². The number of carbonyl (C=O) groups is 2. The van der Waals surface area contributed by atoms with Crippen LogP contribution in [0.15, 0.2) is 36.4 Å². The Bertz CT molecular complexity index is 1350. The summed E-state index contributed by atoms with van der Waals surface area (Å²) in [5, 5.41) is 14.6. The number of para-hydroxylation sites is 1. The Hall–Kier alpha value is -3.38. The molecule has 1 aliphatic carbocycles. The van der Waals surface area contributed by atoms with Crippen LogP contribution in [0.2, 0.25) is 10.0 Å². The van der Waals surface area contributed by atoms with Crippen LogP contribution >= 0.6 is 23.2 Å². The van der Waals surface area contributed by atoms with Crippen molar-refractivity contribution in [1.82, 2.24) is 15.3 Å². The minimum absolute atomic E-state index is 0.00906. The maximum absolute atomic E-state index is 13.7. The van der Waals surface area contributed by atoms with E-state index in [1.165, 1.54) is 6.07 Å². The highest BCUT2D eigenvalue weighted by Gasteiger charge is 2.38. The monoisotopic (exact) mass is 589 g/mol. The maximum atomic E-state index is 13.7. The van der Waals surface area contributed by atoms with Crippen LogP contribution in [0.25, 0.3) is 10.9 Å².